The Balaban J connectivity index is 2.84. The summed E-state index contributed by atoms with van der Waals surface area (Å²) < 4.78 is 4.92. The molecule has 2 heteroatoms. The highest BCUT2D eigenvalue weighted by Gasteiger charge is 1.93. The van der Waals surface area contributed by atoms with E-state index < -0.39 is 0 Å². The van der Waals surface area contributed by atoms with Crippen LogP contribution in [-0.2, 0) is 6.42 Å². The molecular weight excluding hydrogens is 124 g/mol. The van der Waals surface area contributed by atoms with Crippen LogP contribution in [-0.4, -0.2) is 0 Å². The minimum Gasteiger partial charge on any atom is -0.468 e. The third-order valence-electron chi connectivity index (χ3n) is 0.868. The summed E-state index contributed by atoms with van der Waals surface area (Å²) in [6.07, 6.45) is 2.16. The van der Waals surface area contributed by atoms with Crippen molar-refractivity contribution >= 4 is 11.6 Å². The summed E-state index contributed by atoms with van der Waals surface area (Å²) in [4.78, 5) is 0. The van der Waals surface area contributed by atoms with Crippen molar-refractivity contribution in [2.75, 3.05) is 0 Å². The highest BCUT2D eigenvalue weighted by Crippen LogP contribution is 2.12. The summed E-state index contributed by atoms with van der Waals surface area (Å²) in [7, 11) is 0. The van der Waals surface area contributed by atoms with E-state index in [0.29, 0.717) is 11.4 Å². The van der Waals surface area contributed by atoms with E-state index in [2.05, 4.69) is 6.92 Å². The van der Waals surface area contributed by atoms with Gasteiger partial charge in [-0.3, -0.25) is 0 Å². The van der Waals surface area contributed by atoms with Crippen molar-refractivity contribution in [2.24, 2.45) is 0 Å². The molecule has 1 aromatic rings. The maximum Gasteiger partial charge on any atom is 0.109 e. The van der Waals surface area contributed by atoms with E-state index >= 15 is 0 Å². The quantitative estimate of drug-likeness (QED) is 0.567. The van der Waals surface area contributed by atoms with Gasteiger partial charge in [-0.15, -0.1) is 0 Å². The summed E-state index contributed by atoms with van der Waals surface area (Å²) >= 11 is 5.52. The molecule has 1 nitrogen and oxygen atoms in total. The molecule has 0 saturated carbocycles. The van der Waals surface area contributed by atoms with Gasteiger partial charge in [0.2, 0.25) is 0 Å². The maximum atomic E-state index is 5.52. The molecule has 0 amide bonds. The van der Waals surface area contributed by atoms with Crippen LogP contribution in [0.4, 0.5) is 0 Å². The molecule has 8 heavy (non-hydrogen) atoms. The van der Waals surface area contributed by atoms with Crippen LogP contribution in [0, 0.1) is 6.92 Å². The third-order valence-corrected chi connectivity index (χ3v) is 1.07. The van der Waals surface area contributed by atoms with Crippen molar-refractivity contribution in [3.05, 3.63) is 30.0 Å². The highest BCUT2D eigenvalue weighted by atomic mass is 35.5. The molecule has 0 aromatic carbocycles. The number of hydrogen-bond donors (Lipinski definition) is 0. The van der Waals surface area contributed by atoms with E-state index in [4.69, 9.17) is 16.0 Å². The SMILES string of the molecule is [CH2]Cc1cc(Cl)co1. The van der Waals surface area contributed by atoms with E-state index in [9.17, 15) is 0 Å². The van der Waals surface area contributed by atoms with Crippen LogP contribution < -0.4 is 0 Å². The fourth-order valence-electron chi connectivity index (χ4n) is 0.485. The first-order valence-corrected chi connectivity index (χ1v) is 2.73. The standard InChI is InChI=1S/C6H6ClO/c1-2-6-3-5(7)4-8-6/h3-4H,1-2H2. The second-order valence-electron chi connectivity index (χ2n) is 1.48. The first-order valence-electron chi connectivity index (χ1n) is 2.35. The van der Waals surface area contributed by atoms with Gasteiger partial charge >= 0.3 is 0 Å². The zero-order valence-electron chi connectivity index (χ0n) is 4.36. The molecule has 43 valence electrons. The Morgan fingerprint density at radius 3 is 2.75 bits per heavy atom. The lowest BCUT2D eigenvalue weighted by Gasteiger charge is -1.79. The molecule has 0 fully saturated rings. The van der Waals surface area contributed by atoms with E-state index in [1.54, 1.807) is 6.07 Å². The van der Waals surface area contributed by atoms with Crippen molar-refractivity contribution in [1.29, 1.82) is 0 Å². The van der Waals surface area contributed by atoms with Gasteiger partial charge in [-0.2, -0.15) is 0 Å². The zero-order chi connectivity index (χ0) is 5.98. The molecular formula is C6H6ClO. The van der Waals surface area contributed by atoms with Crippen LogP contribution >= 0.6 is 11.6 Å². The zero-order valence-corrected chi connectivity index (χ0v) is 5.11. The third kappa shape index (κ3) is 1.04. The van der Waals surface area contributed by atoms with Gasteiger partial charge in [-0.05, 0) is 13.0 Å². The maximum absolute atomic E-state index is 5.52. The Labute approximate surface area is 53.3 Å². The molecule has 0 N–H and O–H groups in total. The fourth-order valence-corrected chi connectivity index (χ4v) is 0.651. The smallest absolute Gasteiger partial charge is 0.109 e. The van der Waals surface area contributed by atoms with Gasteiger partial charge in [-0.25, -0.2) is 0 Å². The molecule has 1 rings (SSSR count). The van der Waals surface area contributed by atoms with Gasteiger partial charge in [0.1, 0.15) is 12.0 Å². The minimum atomic E-state index is 0.642. The van der Waals surface area contributed by atoms with Crippen LogP contribution in [0.1, 0.15) is 5.76 Å². The Morgan fingerprint density at radius 1 is 1.75 bits per heavy atom. The average Bonchev–Trinajstić information content (AvgIpc) is 2.14. The predicted molar refractivity (Wildman–Crippen MR) is 32.8 cm³/mol. The molecule has 0 unspecified atom stereocenters. The monoisotopic (exact) mass is 129 g/mol. The lowest BCUT2D eigenvalue weighted by atomic mass is 10.4. The van der Waals surface area contributed by atoms with E-state index in [1.807, 2.05) is 0 Å². The van der Waals surface area contributed by atoms with Gasteiger partial charge < -0.3 is 4.42 Å². The normalized spacial score (nSPS) is 9.75. The lowest BCUT2D eigenvalue weighted by molar-refractivity contribution is 0.522. The molecule has 1 aromatic heterocycles. The van der Waals surface area contributed by atoms with E-state index in [1.165, 1.54) is 6.26 Å². The molecule has 0 bridgehead atoms. The van der Waals surface area contributed by atoms with Crippen LogP contribution in [0.5, 0.6) is 0 Å². The molecule has 0 atom stereocenters. The van der Waals surface area contributed by atoms with E-state index in [0.717, 1.165) is 5.76 Å². The Bertz CT molecular complexity index is 169. The number of furan rings is 1. The van der Waals surface area contributed by atoms with Crippen molar-refractivity contribution in [3.8, 4) is 0 Å². The van der Waals surface area contributed by atoms with Gasteiger partial charge in [0.15, 0.2) is 0 Å². The second-order valence-corrected chi connectivity index (χ2v) is 1.92. The van der Waals surface area contributed by atoms with Crippen molar-refractivity contribution < 1.29 is 4.42 Å². The van der Waals surface area contributed by atoms with E-state index in [-0.39, 0.29) is 0 Å². The Morgan fingerprint density at radius 2 is 2.50 bits per heavy atom. The van der Waals surface area contributed by atoms with Gasteiger partial charge in [-0.1, -0.05) is 11.6 Å². The minimum absolute atomic E-state index is 0.642. The fraction of sp³-hybridized carbons (Fsp3) is 0.167. The highest BCUT2D eigenvalue weighted by molar-refractivity contribution is 6.30. The lowest BCUT2D eigenvalue weighted by Crippen LogP contribution is -1.67. The van der Waals surface area contributed by atoms with Gasteiger partial charge in [0.05, 0.1) is 5.02 Å². The molecule has 1 heterocycles. The van der Waals surface area contributed by atoms with Crippen molar-refractivity contribution in [3.63, 3.8) is 0 Å². The van der Waals surface area contributed by atoms with Crippen LogP contribution in [0.3, 0.4) is 0 Å². The molecule has 0 aliphatic heterocycles. The number of rotatable bonds is 1. The summed E-state index contributed by atoms with van der Waals surface area (Å²) in [6, 6.07) is 1.76. The summed E-state index contributed by atoms with van der Waals surface area (Å²) in [6.45, 7) is 3.62. The van der Waals surface area contributed by atoms with Crippen LogP contribution in [0.2, 0.25) is 5.02 Å². The molecule has 0 saturated heterocycles. The second kappa shape index (κ2) is 2.23. The molecule has 0 aliphatic rings. The number of hydrogen-bond acceptors (Lipinski definition) is 1. The summed E-state index contributed by atoms with van der Waals surface area (Å²) in [5, 5.41) is 0.642. The van der Waals surface area contributed by atoms with Crippen LogP contribution in [0.15, 0.2) is 16.7 Å². The Hall–Kier alpha value is -0.430. The van der Waals surface area contributed by atoms with Gasteiger partial charge in [0, 0.05) is 6.42 Å². The van der Waals surface area contributed by atoms with Crippen LogP contribution in [0.25, 0.3) is 0 Å². The summed E-state index contributed by atoms with van der Waals surface area (Å²) in [5.74, 6) is 0.829. The molecule has 1 radical (unpaired) electrons. The first kappa shape index (κ1) is 5.70. The summed E-state index contributed by atoms with van der Waals surface area (Å²) in [5.41, 5.74) is 0. The first-order chi connectivity index (χ1) is 3.83. The molecule has 0 spiro atoms. The predicted octanol–water partition coefficient (Wildman–Crippen LogP) is 2.31. The average molecular weight is 130 g/mol. The van der Waals surface area contributed by atoms with Gasteiger partial charge in [0.25, 0.3) is 0 Å². The topological polar surface area (TPSA) is 13.1 Å². The Kier molecular flexibility index (Phi) is 1.59. The van der Waals surface area contributed by atoms with Crippen molar-refractivity contribution in [1.82, 2.24) is 0 Å². The number of halogens is 1. The largest absolute Gasteiger partial charge is 0.468 e. The molecule has 0 aliphatic carbocycles. The van der Waals surface area contributed by atoms with Crippen molar-refractivity contribution in [2.45, 2.75) is 6.42 Å².